The van der Waals surface area contributed by atoms with Crippen molar-refractivity contribution in [1.82, 2.24) is 5.32 Å². The maximum atomic E-state index is 13.1. The molecule has 70 valence electrons. The van der Waals surface area contributed by atoms with Crippen molar-refractivity contribution >= 4 is 0 Å². The van der Waals surface area contributed by atoms with Gasteiger partial charge in [-0.15, -0.1) is 0 Å². The third-order valence-corrected chi connectivity index (χ3v) is 2.22. The molecule has 1 aliphatic rings. The lowest BCUT2D eigenvalue weighted by atomic mass is 9.97. The molecule has 1 atom stereocenters. The van der Waals surface area contributed by atoms with Crippen LogP contribution in [0.3, 0.4) is 0 Å². The van der Waals surface area contributed by atoms with Crippen LogP contribution >= 0.6 is 0 Å². The number of benzene rings is 1. The van der Waals surface area contributed by atoms with Crippen molar-refractivity contribution in [1.29, 1.82) is 0 Å². The predicted octanol–water partition coefficient (Wildman–Crippen LogP) is 2.14. The molecular weight excluding hydrogens is 179 g/mol. The van der Waals surface area contributed by atoms with Crippen LogP contribution in [0.2, 0.25) is 0 Å². The normalized spacial score (nSPS) is 21.3. The first-order valence-corrected chi connectivity index (χ1v) is 4.06. The quantitative estimate of drug-likeness (QED) is 0.664. The van der Waals surface area contributed by atoms with Crippen LogP contribution in [-0.4, -0.2) is 6.54 Å². The lowest BCUT2D eigenvalue weighted by molar-refractivity contribution is 0.360. The molecule has 1 aromatic carbocycles. The Hall–Kier alpha value is -1.03. The molecule has 1 unspecified atom stereocenters. The first kappa shape index (κ1) is 8.56. The third kappa shape index (κ3) is 1.42. The topological polar surface area (TPSA) is 12.0 Å². The highest BCUT2D eigenvalue weighted by atomic mass is 19.2. The fourth-order valence-electron chi connectivity index (χ4n) is 1.38. The average Bonchev–Trinajstić information content (AvgIpc) is 1.95. The van der Waals surface area contributed by atoms with E-state index in [0.717, 1.165) is 19.0 Å². The zero-order valence-electron chi connectivity index (χ0n) is 6.78. The molecule has 1 aliphatic heterocycles. The van der Waals surface area contributed by atoms with Gasteiger partial charge in [0.1, 0.15) is 5.82 Å². The predicted molar refractivity (Wildman–Crippen MR) is 41.7 cm³/mol. The lowest BCUT2D eigenvalue weighted by Gasteiger charge is -2.28. The van der Waals surface area contributed by atoms with E-state index in [0.29, 0.717) is 6.07 Å². The van der Waals surface area contributed by atoms with E-state index in [1.165, 1.54) is 0 Å². The van der Waals surface area contributed by atoms with Crippen LogP contribution in [-0.2, 0) is 0 Å². The molecule has 1 aromatic rings. The molecule has 4 heteroatoms. The second kappa shape index (κ2) is 3.03. The van der Waals surface area contributed by atoms with Crippen molar-refractivity contribution in [2.75, 3.05) is 6.54 Å². The molecule has 0 aromatic heterocycles. The fraction of sp³-hybridized carbons (Fsp3) is 0.333. The number of hydrogen-bond donors (Lipinski definition) is 1. The van der Waals surface area contributed by atoms with Gasteiger partial charge in [-0.2, -0.15) is 0 Å². The molecule has 2 rings (SSSR count). The lowest BCUT2D eigenvalue weighted by Crippen LogP contribution is -2.35. The number of nitrogens with one attached hydrogen (secondary N) is 1. The summed E-state index contributed by atoms with van der Waals surface area (Å²) >= 11 is 0. The summed E-state index contributed by atoms with van der Waals surface area (Å²) in [4.78, 5) is 0. The first-order chi connectivity index (χ1) is 6.18. The van der Waals surface area contributed by atoms with Crippen molar-refractivity contribution in [3.63, 3.8) is 0 Å². The minimum absolute atomic E-state index is 0.0868. The van der Waals surface area contributed by atoms with Gasteiger partial charge in [-0.25, -0.2) is 13.2 Å². The van der Waals surface area contributed by atoms with Gasteiger partial charge in [0.25, 0.3) is 0 Å². The van der Waals surface area contributed by atoms with E-state index in [-0.39, 0.29) is 11.6 Å². The van der Waals surface area contributed by atoms with Gasteiger partial charge in [0.15, 0.2) is 11.6 Å². The van der Waals surface area contributed by atoms with E-state index in [4.69, 9.17) is 0 Å². The zero-order chi connectivity index (χ0) is 9.42. The summed E-state index contributed by atoms with van der Waals surface area (Å²) in [5, 5.41) is 2.88. The minimum atomic E-state index is -1.12. The van der Waals surface area contributed by atoms with Crippen LogP contribution in [0.4, 0.5) is 13.2 Å². The van der Waals surface area contributed by atoms with Crippen molar-refractivity contribution in [2.24, 2.45) is 0 Å². The zero-order valence-corrected chi connectivity index (χ0v) is 6.78. The summed E-state index contributed by atoms with van der Waals surface area (Å²) in [6.07, 6.45) is 0.722. The maximum Gasteiger partial charge on any atom is 0.163 e. The van der Waals surface area contributed by atoms with Gasteiger partial charge < -0.3 is 5.32 Å². The summed E-state index contributed by atoms with van der Waals surface area (Å²) in [7, 11) is 0. The van der Waals surface area contributed by atoms with Crippen LogP contribution in [0.15, 0.2) is 12.1 Å². The van der Waals surface area contributed by atoms with E-state index in [2.05, 4.69) is 5.32 Å². The Morgan fingerprint density at radius 2 is 1.92 bits per heavy atom. The second-order valence-electron chi connectivity index (χ2n) is 3.09. The highest BCUT2D eigenvalue weighted by Gasteiger charge is 2.24. The van der Waals surface area contributed by atoms with Crippen LogP contribution in [0.5, 0.6) is 0 Å². The molecule has 1 fully saturated rings. The molecule has 0 bridgehead atoms. The average molecular weight is 187 g/mol. The van der Waals surface area contributed by atoms with E-state index >= 15 is 0 Å². The summed E-state index contributed by atoms with van der Waals surface area (Å²) in [5.41, 5.74) is 0.0868. The van der Waals surface area contributed by atoms with Gasteiger partial charge in [0.05, 0.1) is 0 Å². The summed E-state index contributed by atoms with van der Waals surface area (Å²) in [6, 6.07) is 1.36. The van der Waals surface area contributed by atoms with Crippen molar-refractivity contribution in [3.8, 4) is 0 Å². The SMILES string of the molecule is Fc1cc(F)c(F)c(C2CCN2)c1. The van der Waals surface area contributed by atoms with Crippen molar-refractivity contribution in [3.05, 3.63) is 35.1 Å². The Morgan fingerprint density at radius 3 is 2.46 bits per heavy atom. The molecule has 0 radical (unpaired) electrons. The van der Waals surface area contributed by atoms with Gasteiger partial charge >= 0.3 is 0 Å². The largest absolute Gasteiger partial charge is 0.310 e. The Morgan fingerprint density at radius 1 is 1.23 bits per heavy atom. The molecule has 0 spiro atoms. The summed E-state index contributed by atoms with van der Waals surface area (Å²) in [5.74, 6) is -2.80. The molecule has 1 N–H and O–H groups in total. The van der Waals surface area contributed by atoms with Crippen LogP contribution < -0.4 is 5.32 Å². The molecule has 0 aliphatic carbocycles. The van der Waals surface area contributed by atoms with Gasteiger partial charge in [-0.1, -0.05) is 0 Å². The van der Waals surface area contributed by atoms with Gasteiger partial charge in [0.2, 0.25) is 0 Å². The van der Waals surface area contributed by atoms with E-state index in [9.17, 15) is 13.2 Å². The van der Waals surface area contributed by atoms with Gasteiger partial charge in [-0.3, -0.25) is 0 Å². The second-order valence-corrected chi connectivity index (χ2v) is 3.09. The maximum absolute atomic E-state index is 13.1. The highest BCUT2D eigenvalue weighted by molar-refractivity contribution is 5.25. The highest BCUT2D eigenvalue weighted by Crippen LogP contribution is 2.27. The Balaban J connectivity index is 2.42. The van der Waals surface area contributed by atoms with Crippen molar-refractivity contribution < 1.29 is 13.2 Å². The first-order valence-electron chi connectivity index (χ1n) is 4.06. The smallest absolute Gasteiger partial charge is 0.163 e. The number of hydrogen-bond acceptors (Lipinski definition) is 1. The van der Waals surface area contributed by atoms with Crippen molar-refractivity contribution in [2.45, 2.75) is 12.5 Å². The van der Waals surface area contributed by atoms with Gasteiger partial charge in [-0.05, 0) is 19.0 Å². The van der Waals surface area contributed by atoms with E-state index in [1.807, 2.05) is 0 Å². The standard InChI is InChI=1S/C9H8F3N/c10-5-3-6(8-1-2-13-8)9(12)7(11)4-5/h3-4,8,13H,1-2H2. The molecule has 0 saturated carbocycles. The van der Waals surface area contributed by atoms with E-state index < -0.39 is 17.5 Å². The molecule has 1 saturated heterocycles. The molecule has 13 heavy (non-hydrogen) atoms. The number of rotatable bonds is 1. The summed E-state index contributed by atoms with van der Waals surface area (Å²) in [6.45, 7) is 0.766. The molecule has 1 heterocycles. The molecule has 1 nitrogen and oxygen atoms in total. The Labute approximate surface area is 73.6 Å². The van der Waals surface area contributed by atoms with E-state index in [1.54, 1.807) is 0 Å². The molecular formula is C9H8F3N. The van der Waals surface area contributed by atoms with Crippen LogP contribution in [0, 0.1) is 17.5 Å². The Kier molecular flexibility index (Phi) is 2.00. The van der Waals surface area contributed by atoms with Gasteiger partial charge in [0, 0.05) is 17.7 Å². The monoisotopic (exact) mass is 187 g/mol. The Bertz CT molecular complexity index is 334. The molecule has 0 amide bonds. The van der Waals surface area contributed by atoms with Crippen LogP contribution in [0.1, 0.15) is 18.0 Å². The van der Waals surface area contributed by atoms with Crippen LogP contribution in [0.25, 0.3) is 0 Å². The number of halogens is 3. The minimum Gasteiger partial charge on any atom is -0.310 e. The fourth-order valence-corrected chi connectivity index (χ4v) is 1.38. The summed E-state index contributed by atoms with van der Waals surface area (Å²) < 4.78 is 38.5. The third-order valence-electron chi connectivity index (χ3n) is 2.22.